The molecule has 156 valence electrons. The minimum absolute atomic E-state index is 0.0951. The Labute approximate surface area is 175 Å². The number of H-pyrrole nitrogens is 1. The number of pyridine rings is 1. The van der Waals surface area contributed by atoms with Gasteiger partial charge in [-0.3, -0.25) is 9.59 Å². The van der Waals surface area contributed by atoms with E-state index in [1.54, 1.807) is 12.1 Å². The molecule has 1 aromatic carbocycles. The number of fused-ring (bicyclic) bond motifs is 1. The van der Waals surface area contributed by atoms with E-state index in [2.05, 4.69) is 24.1 Å². The molecule has 1 heterocycles. The van der Waals surface area contributed by atoms with Gasteiger partial charge < -0.3 is 15.2 Å². The molecule has 5 nitrogen and oxygen atoms in total. The number of benzene rings is 1. The van der Waals surface area contributed by atoms with Crippen molar-refractivity contribution in [2.75, 3.05) is 0 Å². The van der Waals surface area contributed by atoms with Gasteiger partial charge in [-0.25, -0.2) is 0 Å². The highest BCUT2D eigenvalue weighted by Gasteiger charge is 2.39. The second-order valence-electron chi connectivity index (χ2n) is 8.69. The molecule has 1 aromatic heterocycles. The number of hydrogen-bond acceptors (Lipinski definition) is 4. The van der Waals surface area contributed by atoms with E-state index >= 15 is 0 Å². The Morgan fingerprint density at radius 2 is 1.90 bits per heavy atom. The van der Waals surface area contributed by atoms with Crippen molar-refractivity contribution in [3.63, 3.8) is 0 Å². The molecule has 4 rings (SSSR count). The summed E-state index contributed by atoms with van der Waals surface area (Å²) in [5.74, 6) is 0.293. The van der Waals surface area contributed by atoms with Crippen LogP contribution >= 0.6 is 0 Å². The highest BCUT2D eigenvalue weighted by atomic mass is 16.3. The fraction of sp³-hybridized carbons (Fsp3) is 0.360. The summed E-state index contributed by atoms with van der Waals surface area (Å²) >= 11 is 0. The largest absolute Gasteiger partial charge is 0.508 e. The predicted molar refractivity (Wildman–Crippen MR) is 117 cm³/mol. The Balaban J connectivity index is 1.65. The first-order valence-electron chi connectivity index (χ1n) is 10.5. The fourth-order valence-corrected chi connectivity index (χ4v) is 5.01. The number of hydrogen-bond donors (Lipinski definition) is 3. The summed E-state index contributed by atoms with van der Waals surface area (Å²) in [6, 6.07) is 6.20. The molecule has 0 saturated heterocycles. The first-order valence-corrected chi connectivity index (χ1v) is 10.5. The lowest BCUT2D eigenvalue weighted by Gasteiger charge is -2.44. The number of allylic oxidation sites excluding steroid dienone is 4. The summed E-state index contributed by atoms with van der Waals surface area (Å²) < 4.78 is 0. The fourth-order valence-electron chi connectivity index (χ4n) is 5.01. The summed E-state index contributed by atoms with van der Waals surface area (Å²) in [6.07, 6.45) is 15.0. The maximum atomic E-state index is 12.9. The molecule has 2 aliphatic rings. The maximum absolute atomic E-state index is 12.9. The van der Waals surface area contributed by atoms with Crippen molar-refractivity contribution in [2.45, 2.75) is 39.0 Å². The van der Waals surface area contributed by atoms with Crippen LogP contribution in [0, 0.1) is 17.3 Å². The minimum atomic E-state index is -0.617. The zero-order chi connectivity index (χ0) is 21.3. The Morgan fingerprint density at radius 1 is 1.17 bits per heavy atom. The summed E-state index contributed by atoms with van der Waals surface area (Å²) in [6.45, 7) is 2.18. The molecule has 0 radical (unpaired) electrons. The lowest BCUT2D eigenvalue weighted by atomic mass is 9.60. The summed E-state index contributed by atoms with van der Waals surface area (Å²) in [7, 11) is 0. The third-order valence-electron chi connectivity index (χ3n) is 6.71. The summed E-state index contributed by atoms with van der Waals surface area (Å²) in [5, 5.41) is 20.2. The zero-order valence-electron chi connectivity index (χ0n) is 17.1. The second-order valence-corrected chi connectivity index (χ2v) is 8.69. The van der Waals surface area contributed by atoms with Crippen LogP contribution in [0.15, 0.2) is 59.6 Å². The van der Waals surface area contributed by atoms with Crippen molar-refractivity contribution in [1.29, 1.82) is 0 Å². The van der Waals surface area contributed by atoms with E-state index in [0.29, 0.717) is 23.0 Å². The van der Waals surface area contributed by atoms with Gasteiger partial charge >= 0.3 is 0 Å². The van der Waals surface area contributed by atoms with Crippen LogP contribution in [0.1, 0.15) is 49.4 Å². The molecular weight excluding hydrogens is 378 g/mol. The Bertz CT molecular complexity index is 1060. The van der Waals surface area contributed by atoms with Gasteiger partial charge in [0, 0.05) is 11.8 Å². The first kappa shape index (κ1) is 20.2. The molecule has 3 N–H and O–H groups in total. The first-order chi connectivity index (χ1) is 14.4. The van der Waals surface area contributed by atoms with E-state index in [4.69, 9.17) is 0 Å². The van der Waals surface area contributed by atoms with Gasteiger partial charge in [-0.05, 0) is 60.3 Å². The Hall–Kier alpha value is -3.08. The molecule has 2 aliphatic carbocycles. The number of carbonyl (C=O) groups excluding carboxylic acids is 1. The summed E-state index contributed by atoms with van der Waals surface area (Å²) in [4.78, 5) is 27.9. The average molecular weight is 405 g/mol. The van der Waals surface area contributed by atoms with Crippen molar-refractivity contribution in [3.8, 4) is 22.6 Å². The molecule has 0 aliphatic heterocycles. The van der Waals surface area contributed by atoms with Crippen LogP contribution in [0.3, 0.4) is 0 Å². The lowest BCUT2D eigenvalue weighted by Crippen LogP contribution is -2.35. The lowest BCUT2D eigenvalue weighted by molar-refractivity contribution is 0.103. The molecule has 0 amide bonds. The smallest absolute Gasteiger partial charge is 0.263 e. The van der Waals surface area contributed by atoms with Crippen LogP contribution in [0.2, 0.25) is 0 Å². The van der Waals surface area contributed by atoms with Crippen LogP contribution in [0.25, 0.3) is 11.1 Å². The number of nitrogens with one attached hydrogen (secondary N) is 1. The van der Waals surface area contributed by atoms with Gasteiger partial charge in [0.15, 0.2) is 5.78 Å². The number of ketones is 1. The van der Waals surface area contributed by atoms with Crippen LogP contribution < -0.4 is 5.56 Å². The van der Waals surface area contributed by atoms with E-state index in [1.165, 1.54) is 43.7 Å². The number of phenolic OH excluding ortho intramolecular Hbond substituents is 1. The zero-order valence-corrected chi connectivity index (χ0v) is 17.1. The van der Waals surface area contributed by atoms with Gasteiger partial charge in [0.05, 0.1) is 0 Å². The number of rotatable bonds is 4. The monoisotopic (exact) mass is 405 g/mol. The summed E-state index contributed by atoms with van der Waals surface area (Å²) in [5.41, 5.74) is -0.0766. The topological polar surface area (TPSA) is 90.4 Å². The van der Waals surface area contributed by atoms with Gasteiger partial charge in [-0.2, -0.15) is 0 Å². The van der Waals surface area contributed by atoms with E-state index in [9.17, 15) is 19.8 Å². The van der Waals surface area contributed by atoms with Crippen molar-refractivity contribution < 1.29 is 15.0 Å². The van der Waals surface area contributed by atoms with Gasteiger partial charge in [0.1, 0.15) is 17.1 Å². The number of carbonyl (C=O) groups is 1. The predicted octanol–water partition coefficient (Wildman–Crippen LogP) is 4.96. The standard InChI is InChI=1S/C25H27NO4/c1-25(13-4-6-17-5-2-3-7-20(17)25)14-12-21(28)22-23(29)19(15-26-24(22)30)16-8-10-18(27)11-9-16/h4,6,8-12,14-15,17,20,27H,2-3,5,7,13H2,1H3,(H2,26,29,30)/b14-12+/t17-,20?,25-/m0/s1. The highest BCUT2D eigenvalue weighted by molar-refractivity contribution is 6.07. The van der Waals surface area contributed by atoms with E-state index in [0.717, 1.165) is 12.8 Å². The quantitative estimate of drug-likeness (QED) is 0.381. The van der Waals surface area contributed by atoms with Crippen molar-refractivity contribution >= 4 is 5.78 Å². The average Bonchev–Trinajstić information content (AvgIpc) is 2.74. The molecule has 1 unspecified atom stereocenters. The highest BCUT2D eigenvalue weighted by Crippen LogP contribution is 2.48. The van der Waals surface area contributed by atoms with Crippen LogP contribution in [-0.4, -0.2) is 21.0 Å². The van der Waals surface area contributed by atoms with Gasteiger partial charge in [0.25, 0.3) is 5.56 Å². The van der Waals surface area contributed by atoms with Crippen LogP contribution in [0.5, 0.6) is 11.5 Å². The second kappa shape index (κ2) is 7.98. The van der Waals surface area contributed by atoms with E-state index in [-0.39, 0.29) is 22.5 Å². The third-order valence-corrected chi connectivity index (χ3v) is 6.71. The van der Waals surface area contributed by atoms with Crippen LogP contribution in [0.4, 0.5) is 0 Å². The van der Waals surface area contributed by atoms with Crippen LogP contribution in [-0.2, 0) is 0 Å². The Morgan fingerprint density at radius 3 is 2.67 bits per heavy atom. The molecule has 3 atom stereocenters. The molecule has 0 bridgehead atoms. The number of aromatic hydroxyl groups is 2. The molecule has 1 fully saturated rings. The van der Waals surface area contributed by atoms with E-state index in [1.807, 2.05) is 6.08 Å². The molecule has 2 aromatic rings. The van der Waals surface area contributed by atoms with Gasteiger partial charge in [0.2, 0.25) is 0 Å². The molecule has 30 heavy (non-hydrogen) atoms. The molecule has 1 saturated carbocycles. The SMILES string of the molecule is C[C@@]1(/C=C/C(=O)c2c(O)c(-c3ccc(O)cc3)c[nH]c2=O)CC=C[C@@H]2CCCCC21. The van der Waals surface area contributed by atoms with Gasteiger partial charge in [-0.1, -0.05) is 50.1 Å². The van der Waals surface area contributed by atoms with Crippen molar-refractivity contribution in [3.05, 3.63) is 70.7 Å². The molecular formula is C25H27NO4. The number of aromatic amines is 1. The number of aromatic nitrogens is 1. The third kappa shape index (κ3) is 3.72. The van der Waals surface area contributed by atoms with Crippen molar-refractivity contribution in [1.82, 2.24) is 4.98 Å². The maximum Gasteiger partial charge on any atom is 0.263 e. The van der Waals surface area contributed by atoms with Crippen molar-refractivity contribution in [2.24, 2.45) is 17.3 Å². The minimum Gasteiger partial charge on any atom is -0.508 e. The van der Waals surface area contributed by atoms with E-state index < -0.39 is 11.3 Å². The normalized spacial score (nSPS) is 25.9. The Kier molecular flexibility index (Phi) is 5.37. The van der Waals surface area contributed by atoms with Gasteiger partial charge in [-0.15, -0.1) is 0 Å². The molecule has 0 spiro atoms. The number of phenols is 1. The molecule has 5 heteroatoms.